The largest absolute Gasteiger partial charge is 0.389 e. The van der Waals surface area contributed by atoms with Crippen LogP contribution < -0.4 is 0 Å². The third-order valence-electron chi connectivity index (χ3n) is 3.57. The van der Waals surface area contributed by atoms with Crippen LogP contribution in [0.1, 0.15) is 32.1 Å². The fourth-order valence-electron chi connectivity index (χ4n) is 2.38. The molecule has 1 saturated carbocycles. The molecule has 0 spiro atoms. The van der Waals surface area contributed by atoms with Crippen LogP contribution in [0.15, 0.2) is 0 Å². The zero-order chi connectivity index (χ0) is 10.0. The lowest BCUT2D eigenvalue weighted by Crippen LogP contribution is -2.49. The van der Waals surface area contributed by atoms with Crippen LogP contribution >= 0.6 is 0 Å². The van der Waals surface area contributed by atoms with Gasteiger partial charge in [-0.15, -0.1) is 0 Å². The van der Waals surface area contributed by atoms with Gasteiger partial charge in [0.2, 0.25) is 0 Å². The Morgan fingerprint density at radius 3 is 2.43 bits per heavy atom. The molecule has 1 heterocycles. The van der Waals surface area contributed by atoms with Crippen LogP contribution in [0, 0.1) is 17.2 Å². The quantitative estimate of drug-likeness (QED) is 0.717. The average Bonchev–Trinajstić information content (AvgIpc) is 2.17. The Kier molecular flexibility index (Phi) is 2.76. The first kappa shape index (κ1) is 9.95. The fourth-order valence-corrected chi connectivity index (χ4v) is 2.38. The maximum atomic E-state index is 9.98. The lowest BCUT2D eigenvalue weighted by molar-refractivity contribution is -0.0626. The summed E-state index contributed by atoms with van der Waals surface area (Å²) in [6.07, 6.45) is 5.06. The molecule has 0 aromatic rings. The van der Waals surface area contributed by atoms with Crippen molar-refractivity contribution in [1.82, 2.24) is 4.90 Å². The van der Waals surface area contributed by atoms with Gasteiger partial charge in [0, 0.05) is 12.5 Å². The predicted molar refractivity (Wildman–Crippen MR) is 53.6 cm³/mol. The summed E-state index contributed by atoms with van der Waals surface area (Å²) in [6, 6.07) is 2.33. The molecule has 2 fully saturated rings. The smallest absolute Gasteiger partial charge is 0.0774 e. The van der Waals surface area contributed by atoms with Crippen LogP contribution in [-0.4, -0.2) is 35.2 Å². The first-order valence-corrected chi connectivity index (χ1v) is 5.56. The van der Waals surface area contributed by atoms with Gasteiger partial charge in [-0.05, 0) is 45.2 Å². The van der Waals surface area contributed by atoms with Crippen LogP contribution in [0.5, 0.6) is 0 Å². The predicted octanol–water partition coefficient (Wildman–Crippen LogP) is 1.14. The molecule has 1 aliphatic heterocycles. The zero-order valence-corrected chi connectivity index (χ0v) is 8.58. The van der Waals surface area contributed by atoms with Crippen molar-refractivity contribution in [2.75, 3.05) is 19.6 Å². The van der Waals surface area contributed by atoms with Gasteiger partial charge in [-0.1, -0.05) is 0 Å². The van der Waals surface area contributed by atoms with Gasteiger partial charge in [0.1, 0.15) is 0 Å². The molecule has 0 bridgehead atoms. The van der Waals surface area contributed by atoms with Crippen molar-refractivity contribution < 1.29 is 5.11 Å². The first-order valence-electron chi connectivity index (χ1n) is 5.56. The number of rotatable bonds is 2. The van der Waals surface area contributed by atoms with Crippen LogP contribution in [-0.2, 0) is 0 Å². The molecule has 2 aliphatic rings. The Morgan fingerprint density at radius 1 is 1.36 bits per heavy atom. The van der Waals surface area contributed by atoms with Crippen molar-refractivity contribution in [3.63, 3.8) is 0 Å². The minimum atomic E-state index is -0.389. The van der Waals surface area contributed by atoms with Gasteiger partial charge in [-0.2, -0.15) is 5.26 Å². The normalized spacial score (nSPS) is 28.0. The topological polar surface area (TPSA) is 47.3 Å². The molecule has 3 heteroatoms. The van der Waals surface area contributed by atoms with Crippen molar-refractivity contribution in [2.24, 2.45) is 5.92 Å². The zero-order valence-electron chi connectivity index (χ0n) is 8.58. The molecular formula is C11H18N2O. The van der Waals surface area contributed by atoms with Crippen molar-refractivity contribution in [2.45, 2.75) is 37.7 Å². The molecule has 0 unspecified atom stereocenters. The second-order valence-corrected chi connectivity index (χ2v) is 4.76. The minimum Gasteiger partial charge on any atom is -0.389 e. The minimum absolute atomic E-state index is 0.252. The van der Waals surface area contributed by atoms with Crippen LogP contribution in [0.2, 0.25) is 0 Å². The van der Waals surface area contributed by atoms with E-state index < -0.39 is 0 Å². The molecule has 1 aliphatic carbocycles. The number of piperidine rings is 1. The highest BCUT2D eigenvalue weighted by molar-refractivity contribution is 4.93. The summed E-state index contributed by atoms with van der Waals surface area (Å²) < 4.78 is 0. The van der Waals surface area contributed by atoms with Crippen LogP contribution in [0.4, 0.5) is 0 Å². The highest BCUT2D eigenvalue weighted by Crippen LogP contribution is 2.33. The number of hydrogen-bond acceptors (Lipinski definition) is 3. The summed E-state index contributed by atoms with van der Waals surface area (Å²) in [7, 11) is 0. The maximum absolute atomic E-state index is 9.98. The molecule has 0 amide bonds. The SMILES string of the molecule is N#CC1CCN(CC2(O)CCC2)CC1. The summed E-state index contributed by atoms with van der Waals surface area (Å²) >= 11 is 0. The van der Waals surface area contributed by atoms with Gasteiger partial charge in [-0.3, -0.25) is 0 Å². The Morgan fingerprint density at radius 2 is 2.00 bits per heavy atom. The van der Waals surface area contributed by atoms with E-state index in [4.69, 9.17) is 5.26 Å². The monoisotopic (exact) mass is 194 g/mol. The van der Waals surface area contributed by atoms with E-state index >= 15 is 0 Å². The molecule has 78 valence electrons. The fraction of sp³-hybridized carbons (Fsp3) is 0.909. The average molecular weight is 194 g/mol. The van der Waals surface area contributed by atoms with E-state index in [1.807, 2.05) is 0 Å². The number of nitrogens with zero attached hydrogens (tertiary/aromatic N) is 2. The molecule has 1 N–H and O–H groups in total. The highest BCUT2D eigenvalue weighted by atomic mass is 16.3. The molecular weight excluding hydrogens is 176 g/mol. The van der Waals surface area contributed by atoms with Crippen molar-refractivity contribution in [3.8, 4) is 6.07 Å². The van der Waals surface area contributed by atoms with Crippen molar-refractivity contribution >= 4 is 0 Å². The van der Waals surface area contributed by atoms with E-state index in [1.54, 1.807) is 0 Å². The van der Waals surface area contributed by atoms with Gasteiger partial charge in [0.25, 0.3) is 0 Å². The third kappa shape index (κ3) is 2.08. The summed E-state index contributed by atoms with van der Waals surface area (Å²) in [5, 5.41) is 18.7. The van der Waals surface area contributed by atoms with Gasteiger partial charge < -0.3 is 10.0 Å². The number of hydrogen-bond donors (Lipinski definition) is 1. The Bertz CT molecular complexity index is 234. The molecule has 14 heavy (non-hydrogen) atoms. The molecule has 3 nitrogen and oxygen atoms in total. The van der Waals surface area contributed by atoms with Crippen LogP contribution in [0.3, 0.4) is 0 Å². The molecule has 0 radical (unpaired) electrons. The van der Waals surface area contributed by atoms with Crippen molar-refractivity contribution in [1.29, 1.82) is 5.26 Å². The summed E-state index contributed by atoms with van der Waals surface area (Å²) in [5.41, 5.74) is -0.389. The van der Waals surface area contributed by atoms with Gasteiger partial charge in [0.05, 0.1) is 11.7 Å². The Hall–Kier alpha value is -0.590. The maximum Gasteiger partial charge on any atom is 0.0774 e. The summed E-state index contributed by atoms with van der Waals surface area (Å²) in [6.45, 7) is 2.80. The van der Waals surface area contributed by atoms with Gasteiger partial charge in [-0.25, -0.2) is 0 Å². The third-order valence-corrected chi connectivity index (χ3v) is 3.57. The highest BCUT2D eigenvalue weighted by Gasteiger charge is 2.36. The van der Waals surface area contributed by atoms with Gasteiger partial charge in [0.15, 0.2) is 0 Å². The number of nitriles is 1. The van der Waals surface area contributed by atoms with E-state index in [2.05, 4.69) is 11.0 Å². The number of β-amino-alcohol motifs (C(OH)–C–C–N with tert-alkyl or cyclic N) is 1. The lowest BCUT2D eigenvalue weighted by atomic mass is 9.79. The van der Waals surface area contributed by atoms with Gasteiger partial charge >= 0.3 is 0 Å². The van der Waals surface area contributed by atoms with E-state index in [9.17, 15) is 5.11 Å². The second kappa shape index (κ2) is 3.88. The summed E-state index contributed by atoms with van der Waals surface area (Å²) in [5.74, 6) is 0.252. The Balaban J connectivity index is 1.76. The molecule has 0 aromatic heterocycles. The van der Waals surface area contributed by atoms with E-state index in [0.29, 0.717) is 0 Å². The second-order valence-electron chi connectivity index (χ2n) is 4.76. The van der Waals surface area contributed by atoms with E-state index in [1.165, 1.54) is 6.42 Å². The van der Waals surface area contributed by atoms with E-state index in [-0.39, 0.29) is 11.5 Å². The van der Waals surface area contributed by atoms with Crippen molar-refractivity contribution in [3.05, 3.63) is 0 Å². The lowest BCUT2D eigenvalue weighted by Gasteiger charge is -2.42. The van der Waals surface area contributed by atoms with Crippen LogP contribution in [0.25, 0.3) is 0 Å². The number of aliphatic hydroxyl groups is 1. The Labute approximate surface area is 85.3 Å². The molecule has 0 aromatic carbocycles. The molecule has 2 rings (SSSR count). The van der Waals surface area contributed by atoms with E-state index in [0.717, 1.165) is 45.3 Å². The standard InChI is InChI=1S/C11H18N2O/c12-8-10-2-6-13(7-3-10)9-11(14)4-1-5-11/h10,14H,1-7,9H2. The first-order chi connectivity index (χ1) is 6.72. The molecule has 1 saturated heterocycles. The number of likely N-dealkylation sites (tertiary alicyclic amines) is 1. The molecule has 0 atom stereocenters. The summed E-state index contributed by atoms with van der Waals surface area (Å²) in [4.78, 5) is 2.31.